The van der Waals surface area contributed by atoms with Gasteiger partial charge in [-0.05, 0) is 106 Å². The van der Waals surface area contributed by atoms with Crippen LogP contribution in [0.4, 0.5) is 17.1 Å². The molecule has 13 rings (SSSR count). The molecule has 0 saturated carbocycles. The van der Waals surface area contributed by atoms with E-state index in [1.54, 1.807) is 0 Å². The van der Waals surface area contributed by atoms with Crippen molar-refractivity contribution in [3.63, 3.8) is 0 Å². The van der Waals surface area contributed by atoms with E-state index in [0.29, 0.717) is 0 Å². The van der Waals surface area contributed by atoms with E-state index in [2.05, 4.69) is 228 Å². The van der Waals surface area contributed by atoms with Crippen LogP contribution in [-0.2, 0) is 0 Å². The predicted octanol–water partition coefficient (Wildman–Crippen LogP) is 17.0. The number of aromatic nitrogens is 1. The summed E-state index contributed by atoms with van der Waals surface area (Å²) in [6.45, 7) is 0. The summed E-state index contributed by atoms with van der Waals surface area (Å²) in [6, 6.07) is 79.2. The second-order valence-corrected chi connectivity index (χ2v) is 17.2. The molecule has 0 radical (unpaired) electrons. The summed E-state index contributed by atoms with van der Waals surface area (Å²) >= 11 is 1.85. The summed E-state index contributed by atoms with van der Waals surface area (Å²) < 4.78 is 11.7. The van der Waals surface area contributed by atoms with Crippen molar-refractivity contribution < 1.29 is 4.42 Å². The molecule has 290 valence electrons. The van der Waals surface area contributed by atoms with Gasteiger partial charge in [0.2, 0.25) is 0 Å². The number of para-hydroxylation sites is 2. The fourth-order valence-corrected chi connectivity index (χ4v) is 10.9. The van der Waals surface area contributed by atoms with Gasteiger partial charge in [-0.2, -0.15) is 0 Å². The average molecular weight is 809 g/mol. The van der Waals surface area contributed by atoms with Crippen molar-refractivity contribution in [2.75, 3.05) is 4.90 Å². The Hall–Kier alpha value is -7.92. The number of anilines is 3. The van der Waals surface area contributed by atoms with Crippen LogP contribution in [0.25, 0.3) is 103 Å². The molecule has 0 fully saturated rings. The van der Waals surface area contributed by atoms with Gasteiger partial charge in [0.1, 0.15) is 11.2 Å². The van der Waals surface area contributed by atoms with Crippen LogP contribution in [0.2, 0.25) is 0 Å². The minimum atomic E-state index is 0.875. The smallest absolute Gasteiger partial charge is 0.138 e. The molecule has 0 N–H and O–H groups in total. The lowest BCUT2D eigenvalue weighted by atomic mass is 9.93. The van der Waals surface area contributed by atoms with Crippen molar-refractivity contribution >= 4 is 103 Å². The molecule has 3 aromatic heterocycles. The number of benzene rings is 10. The lowest BCUT2D eigenvalue weighted by Gasteiger charge is -2.26. The van der Waals surface area contributed by atoms with Crippen molar-refractivity contribution in [2.24, 2.45) is 0 Å². The van der Waals surface area contributed by atoms with Gasteiger partial charge in [-0.25, -0.2) is 0 Å². The highest BCUT2D eigenvalue weighted by Gasteiger charge is 2.24. The minimum absolute atomic E-state index is 0.875. The molecule has 4 heteroatoms. The zero-order valence-electron chi connectivity index (χ0n) is 33.5. The Morgan fingerprint density at radius 3 is 1.89 bits per heavy atom. The first-order chi connectivity index (χ1) is 30.7. The largest absolute Gasteiger partial charge is 0.456 e. The second-order valence-electron chi connectivity index (χ2n) is 16.1. The monoisotopic (exact) mass is 808 g/mol. The summed E-state index contributed by atoms with van der Waals surface area (Å²) in [5, 5.41) is 9.74. The summed E-state index contributed by atoms with van der Waals surface area (Å²) in [5.41, 5.74) is 13.1. The topological polar surface area (TPSA) is 21.3 Å². The number of fused-ring (bicyclic) bond motifs is 10. The van der Waals surface area contributed by atoms with Crippen molar-refractivity contribution in [1.29, 1.82) is 0 Å². The molecule has 0 bridgehead atoms. The van der Waals surface area contributed by atoms with Gasteiger partial charge >= 0.3 is 0 Å². The van der Waals surface area contributed by atoms with E-state index in [0.717, 1.165) is 61.3 Å². The van der Waals surface area contributed by atoms with Crippen molar-refractivity contribution in [2.45, 2.75) is 0 Å². The van der Waals surface area contributed by atoms with Crippen LogP contribution in [0.5, 0.6) is 0 Å². The van der Waals surface area contributed by atoms with Crippen molar-refractivity contribution in [3.8, 4) is 27.9 Å². The third-order valence-electron chi connectivity index (χ3n) is 12.5. The summed E-state index contributed by atoms with van der Waals surface area (Å²) in [4.78, 5) is 2.36. The molecule has 0 aliphatic heterocycles. The van der Waals surface area contributed by atoms with Gasteiger partial charge < -0.3 is 13.9 Å². The fraction of sp³-hybridized carbons (Fsp3) is 0. The van der Waals surface area contributed by atoms with Gasteiger partial charge in [0.15, 0.2) is 0 Å². The SMILES string of the molecule is c1ccc(-c2c3c(cc4c2c2cc(-c5ccc6ccccc6c5)ccc2n4-c2ccc(N(c4ccccc4)c4ccc5c(c4)sc4ccccc45)cc2)oc2ccccc23)cc1. The highest BCUT2D eigenvalue weighted by atomic mass is 32.1. The zero-order valence-corrected chi connectivity index (χ0v) is 34.3. The predicted molar refractivity (Wildman–Crippen MR) is 264 cm³/mol. The standard InChI is InChI=1S/C58H36N2OS/c1-3-14-38(15-4-1)56-57-49-34-41(40-24-23-37-13-7-8-16-39(37)33-40)25-32-50(49)60(51(57)36-53-58(56)48-20-9-11-21-52(48)61-53)44-28-26-43(27-29-44)59(42-17-5-2-6-18-42)45-30-31-47-46-19-10-12-22-54(46)62-55(47)35-45/h1-36H. The summed E-state index contributed by atoms with van der Waals surface area (Å²) in [5.74, 6) is 0. The molecule has 0 atom stereocenters. The number of rotatable bonds is 6. The Bertz CT molecular complexity index is 3860. The van der Waals surface area contributed by atoms with Gasteiger partial charge in [0.25, 0.3) is 0 Å². The maximum Gasteiger partial charge on any atom is 0.138 e. The molecule has 0 unspecified atom stereocenters. The number of hydrogen-bond donors (Lipinski definition) is 0. The number of hydrogen-bond acceptors (Lipinski definition) is 3. The third-order valence-corrected chi connectivity index (χ3v) is 13.7. The first-order valence-electron chi connectivity index (χ1n) is 21.1. The first-order valence-corrected chi connectivity index (χ1v) is 21.9. The van der Waals surface area contributed by atoms with Gasteiger partial charge in [-0.15, -0.1) is 11.3 Å². The molecule has 62 heavy (non-hydrogen) atoms. The number of furan rings is 1. The molecule has 0 aliphatic rings. The van der Waals surface area contributed by atoms with Crippen LogP contribution >= 0.6 is 11.3 Å². The molecule has 3 heterocycles. The minimum Gasteiger partial charge on any atom is -0.456 e. The van der Waals surface area contributed by atoms with E-state index in [1.165, 1.54) is 58.4 Å². The van der Waals surface area contributed by atoms with Gasteiger partial charge in [0, 0.05) is 76.1 Å². The summed E-state index contributed by atoms with van der Waals surface area (Å²) in [7, 11) is 0. The second kappa shape index (κ2) is 13.8. The average Bonchev–Trinajstić information content (AvgIpc) is 4.00. The Kier molecular flexibility index (Phi) is 7.78. The lowest BCUT2D eigenvalue weighted by Crippen LogP contribution is -2.09. The molecule has 0 aliphatic carbocycles. The van der Waals surface area contributed by atoms with E-state index >= 15 is 0 Å². The van der Waals surface area contributed by atoms with E-state index in [1.807, 2.05) is 11.3 Å². The molecular weight excluding hydrogens is 773 g/mol. The van der Waals surface area contributed by atoms with Crippen LogP contribution in [0.1, 0.15) is 0 Å². The van der Waals surface area contributed by atoms with E-state index in [9.17, 15) is 0 Å². The Morgan fingerprint density at radius 1 is 0.371 bits per heavy atom. The number of thiophene rings is 1. The van der Waals surface area contributed by atoms with Crippen LogP contribution < -0.4 is 4.90 Å². The van der Waals surface area contributed by atoms with Gasteiger partial charge in [0.05, 0.1) is 11.0 Å². The van der Waals surface area contributed by atoms with E-state index < -0.39 is 0 Å². The Balaban J connectivity index is 1.05. The lowest BCUT2D eigenvalue weighted by molar-refractivity contribution is 0.669. The van der Waals surface area contributed by atoms with Crippen LogP contribution in [0.3, 0.4) is 0 Å². The Labute approximate surface area is 361 Å². The molecular formula is C58H36N2OS. The highest BCUT2D eigenvalue weighted by molar-refractivity contribution is 7.25. The van der Waals surface area contributed by atoms with Gasteiger partial charge in [-0.1, -0.05) is 133 Å². The van der Waals surface area contributed by atoms with Crippen LogP contribution in [0, 0.1) is 0 Å². The first kappa shape index (κ1) is 34.9. The van der Waals surface area contributed by atoms with E-state index in [4.69, 9.17) is 4.42 Å². The fourth-order valence-electron chi connectivity index (χ4n) is 9.73. The molecule has 0 saturated heterocycles. The Morgan fingerprint density at radius 2 is 1.03 bits per heavy atom. The molecule has 10 aromatic carbocycles. The molecule has 3 nitrogen and oxygen atoms in total. The molecule has 0 amide bonds. The van der Waals surface area contributed by atoms with Crippen LogP contribution in [-0.4, -0.2) is 4.57 Å². The third kappa shape index (κ3) is 5.44. The van der Waals surface area contributed by atoms with Crippen molar-refractivity contribution in [3.05, 3.63) is 218 Å². The quantitative estimate of drug-likeness (QED) is 0.167. The number of nitrogens with zero attached hydrogens (tertiary/aromatic N) is 2. The van der Waals surface area contributed by atoms with Crippen molar-refractivity contribution in [1.82, 2.24) is 4.57 Å². The highest BCUT2D eigenvalue weighted by Crippen LogP contribution is 2.48. The van der Waals surface area contributed by atoms with Crippen LogP contribution in [0.15, 0.2) is 223 Å². The van der Waals surface area contributed by atoms with Gasteiger partial charge in [-0.3, -0.25) is 0 Å². The summed E-state index contributed by atoms with van der Waals surface area (Å²) in [6.07, 6.45) is 0. The zero-order chi connectivity index (χ0) is 40.7. The molecule has 0 spiro atoms. The van der Waals surface area contributed by atoms with E-state index in [-0.39, 0.29) is 0 Å². The maximum absolute atomic E-state index is 6.72. The maximum atomic E-state index is 6.72. The molecule has 13 aromatic rings. The normalized spacial score (nSPS) is 11.9.